The monoisotopic (exact) mass is 402 g/mol. The first-order valence-electron chi connectivity index (χ1n) is 8.44. The van der Waals surface area contributed by atoms with Gasteiger partial charge < -0.3 is 14.6 Å². The summed E-state index contributed by atoms with van der Waals surface area (Å²) in [4.78, 5) is 29.9. The number of aromatic nitrogens is 1. The molecule has 0 spiro atoms. The van der Waals surface area contributed by atoms with Crippen molar-refractivity contribution < 1.29 is 14.3 Å². The summed E-state index contributed by atoms with van der Waals surface area (Å²) in [5.74, 6) is -0.548. The standard InChI is InChI=1S/C20H16Cl2N2O3/c1-27-20(26)11-2-5-17-13(8-11)15-10-24(7-6-18(15)23-17)19(25)14-9-12(21)3-4-16(14)22/h2-5,8-9,23H,6-7,10H2,1H3. The molecule has 27 heavy (non-hydrogen) atoms. The summed E-state index contributed by atoms with van der Waals surface area (Å²) in [6, 6.07) is 10.3. The molecule has 4 rings (SSSR count). The highest BCUT2D eigenvalue weighted by Crippen LogP contribution is 2.30. The molecule has 0 radical (unpaired) electrons. The molecule has 7 heteroatoms. The van der Waals surface area contributed by atoms with Gasteiger partial charge in [-0.2, -0.15) is 0 Å². The molecule has 0 atom stereocenters. The maximum atomic E-state index is 13.0. The lowest BCUT2D eigenvalue weighted by Gasteiger charge is -2.27. The molecule has 0 aliphatic carbocycles. The first-order chi connectivity index (χ1) is 13.0. The largest absolute Gasteiger partial charge is 0.465 e. The van der Waals surface area contributed by atoms with E-state index in [0.717, 1.165) is 22.2 Å². The lowest BCUT2D eigenvalue weighted by atomic mass is 10.0. The predicted octanol–water partition coefficient (Wildman–Crippen LogP) is 4.46. The molecule has 0 fully saturated rings. The van der Waals surface area contributed by atoms with E-state index in [4.69, 9.17) is 27.9 Å². The fraction of sp³-hybridized carbons (Fsp3) is 0.200. The van der Waals surface area contributed by atoms with Gasteiger partial charge in [-0.25, -0.2) is 4.79 Å². The lowest BCUT2D eigenvalue weighted by Crippen LogP contribution is -2.36. The van der Waals surface area contributed by atoms with Crippen molar-refractivity contribution in [3.05, 3.63) is 68.8 Å². The Balaban J connectivity index is 1.70. The zero-order chi connectivity index (χ0) is 19.1. The maximum Gasteiger partial charge on any atom is 0.337 e. The first-order valence-corrected chi connectivity index (χ1v) is 9.19. The van der Waals surface area contributed by atoms with Crippen LogP contribution in [-0.2, 0) is 17.7 Å². The summed E-state index contributed by atoms with van der Waals surface area (Å²) >= 11 is 12.2. The number of carbonyl (C=O) groups is 2. The first kappa shape index (κ1) is 17.9. The van der Waals surface area contributed by atoms with Crippen LogP contribution in [0.1, 0.15) is 32.0 Å². The minimum absolute atomic E-state index is 0.161. The highest BCUT2D eigenvalue weighted by atomic mass is 35.5. The number of carbonyl (C=O) groups excluding carboxylic acids is 2. The van der Waals surface area contributed by atoms with Crippen molar-refractivity contribution in [2.75, 3.05) is 13.7 Å². The van der Waals surface area contributed by atoms with Crippen LogP contribution in [0, 0.1) is 0 Å². The van der Waals surface area contributed by atoms with Gasteiger partial charge in [-0.05, 0) is 36.4 Å². The average molecular weight is 403 g/mol. The Kier molecular flexibility index (Phi) is 4.58. The summed E-state index contributed by atoms with van der Waals surface area (Å²) in [6.07, 6.45) is 0.696. The predicted molar refractivity (Wildman–Crippen MR) is 105 cm³/mol. The van der Waals surface area contributed by atoms with Crippen molar-refractivity contribution in [1.82, 2.24) is 9.88 Å². The highest BCUT2D eigenvalue weighted by molar-refractivity contribution is 6.35. The van der Waals surface area contributed by atoms with E-state index in [1.165, 1.54) is 7.11 Å². The lowest BCUT2D eigenvalue weighted by molar-refractivity contribution is 0.0600. The molecule has 1 aliphatic rings. The maximum absolute atomic E-state index is 13.0. The number of H-pyrrole nitrogens is 1. The van der Waals surface area contributed by atoms with Crippen LogP contribution in [-0.4, -0.2) is 35.4 Å². The van der Waals surface area contributed by atoms with Crippen molar-refractivity contribution in [3.8, 4) is 0 Å². The molecule has 2 aromatic carbocycles. The van der Waals surface area contributed by atoms with E-state index in [1.807, 2.05) is 6.07 Å². The van der Waals surface area contributed by atoms with Crippen molar-refractivity contribution >= 4 is 46.0 Å². The minimum atomic E-state index is -0.388. The van der Waals surface area contributed by atoms with Crippen LogP contribution in [0.2, 0.25) is 10.0 Å². The molecule has 1 aliphatic heterocycles. The van der Waals surface area contributed by atoms with E-state index in [9.17, 15) is 9.59 Å². The molecule has 2 heterocycles. The van der Waals surface area contributed by atoms with E-state index in [2.05, 4.69) is 4.98 Å². The van der Waals surface area contributed by atoms with Gasteiger partial charge in [0.15, 0.2) is 0 Å². The summed E-state index contributed by atoms with van der Waals surface area (Å²) in [7, 11) is 1.36. The van der Waals surface area contributed by atoms with Gasteiger partial charge in [0.1, 0.15) is 0 Å². The highest BCUT2D eigenvalue weighted by Gasteiger charge is 2.26. The number of fused-ring (bicyclic) bond motifs is 3. The number of rotatable bonds is 2. The SMILES string of the molecule is COC(=O)c1ccc2[nH]c3c(c2c1)CN(C(=O)c1cc(Cl)ccc1Cl)CC3. The number of aromatic amines is 1. The minimum Gasteiger partial charge on any atom is -0.465 e. The van der Waals surface area contributed by atoms with Gasteiger partial charge in [0.25, 0.3) is 5.91 Å². The van der Waals surface area contributed by atoms with E-state index in [-0.39, 0.29) is 11.9 Å². The molecule has 1 N–H and O–H groups in total. The third-order valence-electron chi connectivity index (χ3n) is 4.84. The zero-order valence-electron chi connectivity index (χ0n) is 14.5. The number of nitrogens with zero attached hydrogens (tertiary/aromatic N) is 1. The zero-order valence-corrected chi connectivity index (χ0v) is 16.0. The number of hydrogen-bond acceptors (Lipinski definition) is 3. The summed E-state index contributed by atoms with van der Waals surface area (Å²) in [5.41, 5.74) is 3.89. The van der Waals surface area contributed by atoms with Crippen molar-refractivity contribution in [1.29, 1.82) is 0 Å². The second-order valence-electron chi connectivity index (χ2n) is 6.43. The number of amides is 1. The van der Waals surface area contributed by atoms with Crippen molar-refractivity contribution in [2.45, 2.75) is 13.0 Å². The molecular formula is C20H16Cl2N2O3. The Morgan fingerprint density at radius 3 is 2.74 bits per heavy atom. The molecule has 0 saturated heterocycles. The molecule has 5 nitrogen and oxygen atoms in total. The number of halogens is 2. The van der Waals surface area contributed by atoms with Crippen LogP contribution in [0.15, 0.2) is 36.4 Å². The molecular weight excluding hydrogens is 387 g/mol. The number of hydrogen-bond donors (Lipinski definition) is 1. The Morgan fingerprint density at radius 2 is 1.96 bits per heavy atom. The smallest absolute Gasteiger partial charge is 0.337 e. The summed E-state index contributed by atoms with van der Waals surface area (Å²) in [5, 5.41) is 1.76. The number of nitrogens with one attached hydrogen (secondary N) is 1. The number of ether oxygens (including phenoxy) is 1. The van der Waals surface area contributed by atoms with Crippen LogP contribution in [0.25, 0.3) is 10.9 Å². The van der Waals surface area contributed by atoms with Crippen LogP contribution >= 0.6 is 23.2 Å². The van der Waals surface area contributed by atoms with Crippen LogP contribution in [0.5, 0.6) is 0 Å². The van der Waals surface area contributed by atoms with Crippen LogP contribution in [0.3, 0.4) is 0 Å². The molecule has 0 unspecified atom stereocenters. The Hall–Kier alpha value is -2.50. The quantitative estimate of drug-likeness (QED) is 0.643. The van der Waals surface area contributed by atoms with Gasteiger partial charge in [0, 0.05) is 46.7 Å². The fourth-order valence-corrected chi connectivity index (χ4v) is 3.83. The molecule has 1 amide bonds. The second-order valence-corrected chi connectivity index (χ2v) is 7.28. The number of esters is 1. The van der Waals surface area contributed by atoms with E-state index in [0.29, 0.717) is 40.7 Å². The van der Waals surface area contributed by atoms with Crippen LogP contribution in [0.4, 0.5) is 0 Å². The van der Waals surface area contributed by atoms with Gasteiger partial charge in [-0.15, -0.1) is 0 Å². The topological polar surface area (TPSA) is 62.4 Å². The Morgan fingerprint density at radius 1 is 1.15 bits per heavy atom. The third-order valence-corrected chi connectivity index (χ3v) is 5.41. The molecule has 0 saturated carbocycles. The normalized spacial score (nSPS) is 13.5. The van der Waals surface area contributed by atoms with Gasteiger partial charge in [-0.3, -0.25) is 4.79 Å². The van der Waals surface area contributed by atoms with E-state index in [1.54, 1.807) is 35.2 Å². The Bertz CT molecular complexity index is 1070. The van der Waals surface area contributed by atoms with E-state index < -0.39 is 0 Å². The van der Waals surface area contributed by atoms with Gasteiger partial charge in [0.2, 0.25) is 0 Å². The summed E-state index contributed by atoms with van der Waals surface area (Å²) in [6.45, 7) is 1.01. The summed E-state index contributed by atoms with van der Waals surface area (Å²) < 4.78 is 4.81. The Labute approximate surface area is 165 Å². The molecule has 0 bridgehead atoms. The second kappa shape index (κ2) is 6.91. The van der Waals surface area contributed by atoms with Gasteiger partial charge in [0.05, 0.1) is 23.3 Å². The van der Waals surface area contributed by atoms with Crippen molar-refractivity contribution in [2.24, 2.45) is 0 Å². The van der Waals surface area contributed by atoms with Crippen LogP contribution < -0.4 is 0 Å². The molecule has 138 valence electrons. The number of methoxy groups -OCH3 is 1. The molecule has 3 aromatic rings. The molecule has 1 aromatic heterocycles. The van der Waals surface area contributed by atoms with Gasteiger partial charge in [-0.1, -0.05) is 23.2 Å². The van der Waals surface area contributed by atoms with Gasteiger partial charge >= 0.3 is 5.97 Å². The average Bonchev–Trinajstić information content (AvgIpc) is 3.05. The van der Waals surface area contributed by atoms with E-state index >= 15 is 0 Å². The number of benzene rings is 2. The third kappa shape index (κ3) is 3.17. The fourth-order valence-electron chi connectivity index (χ4n) is 3.46. The van der Waals surface area contributed by atoms with Crippen molar-refractivity contribution in [3.63, 3.8) is 0 Å².